The Hall–Kier alpha value is -3.13. The van der Waals surface area contributed by atoms with Crippen LogP contribution in [-0.2, 0) is 17.8 Å². The molecule has 0 radical (unpaired) electrons. The summed E-state index contributed by atoms with van der Waals surface area (Å²) >= 11 is 0. The van der Waals surface area contributed by atoms with Gasteiger partial charge < -0.3 is 24.6 Å². The van der Waals surface area contributed by atoms with Gasteiger partial charge in [-0.05, 0) is 73.3 Å². The van der Waals surface area contributed by atoms with Gasteiger partial charge in [0.2, 0.25) is 5.91 Å². The molecule has 2 aliphatic rings. The van der Waals surface area contributed by atoms with Crippen LogP contribution < -0.4 is 14.8 Å². The fourth-order valence-corrected chi connectivity index (χ4v) is 4.82. The molecule has 1 N–H and O–H groups in total. The van der Waals surface area contributed by atoms with Crippen LogP contribution >= 0.6 is 0 Å². The van der Waals surface area contributed by atoms with Gasteiger partial charge in [0.25, 0.3) is 5.91 Å². The van der Waals surface area contributed by atoms with E-state index >= 15 is 0 Å². The zero-order chi connectivity index (χ0) is 24.1. The Kier molecular flexibility index (Phi) is 7.67. The monoisotopic (exact) mass is 469 g/mol. The Morgan fingerprint density at radius 2 is 1.76 bits per heavy atom. The topological polar surface area (TPSA) is 71.1 Å². The van der Waals surface area contributed by atoms with Crippen molar-refractivity contribution in [1.82, 2.24) is 15.1 Å². The lowest BCUT2D eigenvalue weighted by Gasteiger charge is -2.37. The number of benzene rings is 2. The highest BCUT2D eigenvalue weighted by atomic mass is 19.1. The number of carbonyl (C=O) groups is 2. The van der Waals surface area contributed by atoms with Crippen LogP contribution in [0.2, 0.25) is 0 Å². The van der Waals surface area contributed by atoms with E-state index < -0.39 is 0 Å². The zero-order valence-corrected chi connectivity index (χ0v) is 19.8. The van der Waals surface area contributed by atoms with Crippen LogP contribution in [0.15, 0.2) is 36.4 Å². The molecule has 8 heteroatoms. The van der Waals surface area contributed by atoms with Gasteiger partial charge in [-0.1, -0.05) is 0 Å². The second-order valence-corrected chi connectivity index (χ2v) is 8.89. The molecule has 4 rings (SSSR count). The first-order valence-corrected chi connectivity index (χ1v) is 11.8. The maximum atomic E-state index is 13.3. The summed E-state index contributed by atoms with van der Waals surface area (Å²) in [6.45, 7) is 4.05. The minimum Gasteiger partial charge on any atom is -0.493 e. The molecule has 2 aromatic rings. The molecule has 0 unspecified atom stereocenters. The van der Waals surface area contributed by atoms with Gasteiger partial charge in [-0.3, -0.25) is 9.59 Å². The Balaban J connectivity index is 1.29. The van der Waals surface area contributed by atoms with E-state index in [2.05, 4.69) is 10.2 Å². The number of nitrogens with zero attached hydrogens (tertiary/aromatic N) is 2. The minimum atomic E-state index is -0.364. The predicted molar refractivity (Wildman–Crippen MR) is 127 cm³/mol. The normalized spacial score (nSPS) is 18.2. The highest BCUT2D eigenvalue weighted by molar-refractivity contribution is 5.94. The van der Waals surface area contributed by atoms with Crippen molar-refractivity contribution in [2.24, 2.45) is 5.92 Å². The van der Waals surface area contributed by atoms with Crippen LogP contribution in [0, 0.1) is 11.7 Å². The molecule has 2 amide bonds. The lowest BCUT2D eigenvalue weighted by molar-refractivity contribution is -0.138. The number of piperidine rings is 1. The molecule has 2 aromatic carbocycles. The van der Waals surface area contributed by atoms with E-state index in [9.17, 15) is 14.0 Å². The number of carbonyl (C=O) groups excluding carboxylic acids is 2. The van der Waals surface area contributed by atoms with Gasteiger partial charge in [0.1, 0.15) is 5.82 Å². The highest BCUT2D eigenvalue weighted by Crippen LogP contribution is 2.34. The summed E-state index contributed by atoms with van der Waals surface area (Å²) in [6, 6.07) is 9.50. The van der Waals surface area contributed by atoms with Gasteiger partial charge in [-0.25, -0.2) is 4.39 Å². The van der Waals surface area contributed by atoms with E-state index in [0.29, 0.717) is 44.0 Å². The molecule has 7 nitrogen and oxygen atoms in total. The Labute approximate surface area is 199 Å². The summed E-state index contributed by atoms with van der Waals surface area (Å²) in [5, 5.41) is 2.88. The molecular weight excluding hydrogens is 437 g/mol. The van der Waals surface area contributed by atoms with Crippen molar-refractivity contribution in [1.29, 1.82) is 0 Å². The van der Waals surface area contributed by atoms with Crippen molar-refractivity contribution < 1.29 is 23.5 Å². The number of nitrogens with one attached hydrogen (secondary N) is 1. The van der Waals surface area contributed by atoms with Gasteiger partial charge in [-0.2, -0.15) is 0 Å². The van der Waals surface area contributed by atoms with Crippen LogP contribution in [0.25, 0.3) is 0 Å². The van der Waals surface area contributed by atoms with E-state index in [4.69, 9.17) is 9.47 Å². The number of halogens is 1. The first kappa shape index (κ1) is 24.0. The predicted octanol–water partition coefficient (Wildman–Crippen LogP) is 2.87. The van der Waals surface area contributed by atoms with Crippen LogP contribution in [0.5, 0.6) is 11.5 Å². The number of rotatable bonds is 7. The largest absolute Gasteiger partial charge is 0.493 e. The van der Waals surface area contributed by atoms with Crippen LogP contribution in [0.3, 0.4) is 0 Å². The smallest absolute Gasteiger partial charge is 0.251 e. The maximum Gasteiger partial charge on any atom is 0.251 e. The average molecular weight is 470 g/mol. The fraction of sp³-hybridized carbons (Fsp3) is 0.462. The van der Waals surface area contributed by atoms with Crippen molar-refractivity contribution >= 4 is 11.8 Å². The molecule has 1 fully saturated rings. The summed E-state index contributed by atoms with van der Waals surface area (Å²) in [5.41, 5.74) is 2.74. The van der Waals surface area contributed by atoms with Gasteiger partial charge in [0.15, 0.2) is 11.5 Å². The molecule has 0 spiro atoms. The van der Waals surface area contributed by atoms with E-state index in [1.807, 2.05) is 17.0 Å². The summed E-state index contributed by atoms with van der Waals surface area (Å²) in [5.74, 6) is 0.974. The van der Waals surface area contributed by atoms with Crippen LogP contribution in [0.1, 0.15) is 34.3 Å². The zero-order valence-electron chi connectivity index (χ0n) is 19.8. The molecule has 0 aliphatic carbocycles. The van der Waals surface area contributed by atoms with Gasteiger partial charge >= 0.3 is 0 Å². The second kappa shape index (κ2) is 10.9. The van der Waals surface area contributed by atoms with E-state index in [-0.39, 0.29) is 23.5 Å². The van der Waals surface area contributed by atoms with Gasteiger partial charge in [0.05, 0.1) is 20.1 Å². The Morgan fingerprint density at radius 1 is 1.06 bits per heavy atom. The van der Waals surface area contributed by atoms with Gasteiger partial charge in [0, 0.05) is 38.3 Å². The fourth-order valence-electron chi connectivity index (χ4n) is 4.82. The summed E-state index contributed by atoms with van der Waals surface area (Å²) < 4.78 is 23.9. The van der Waals surface area contributed by atoms with Gasteiger partial charge in [-0.15, -0.1) is 0 Å². The van der Waals surface area contributed by atoms with Crippen molar-refractivity contribution in [3.8, 4) is 11.5 Å². The van der Waals surface area contributed by atoms with Crippen LogP contribution in [-0.4, -0.2) is 68.6 Å². The van der Waals surface area contributed by atoms with Crippen molar-refractivity contribution in [3.05, 3.63) is 58.9 Å². The third-order valence-electron chi connectivity index (χ3n) is 6.70. The summed E-state index contributed by atoms with van der Waals surface area (Å²) in [4.78, 5) is 29.8. The summed E-state index contributed by atoms with van der Waals surface area (Å²) in [7, 11) is 3.25. The minimum absolute atomic E-state index is 0.0387. The number of likely N-dealkylation sites (tertiary alicyclic amines) is 1. The van der Waals surface area contributed by atoms with Crippen molar-refractivity contribution in [2.75, 3.05) is 46.9 Å². The number of hydrogen-bond acceptors (Lipinski definition) is 5. The molecule has 1 saturated heterocycles. The first-order valence-electron chi connectivity index (χ1n) is 11.8. The maximum absolute atomic E-state index is 13.3. The lowest BCUT2D eigenvalue weighted by Crippen LogP contribution is -2.47. The second-order valence-electron chi connectivity index (χ2n) is 8.89. The van der Waals surface area contributed by atoms with Crippen molar-refractivity contribution in [2.45, 2.75) is 25.8 Å². The van der Waals surface area contributed by atoms with Crippen LogP contribution in [0.4, 0.5) is 4.39 Å². The molecule has 2 heterocycles. The molecule has 0 bridgehead atoms. The number of hydrogen-bond donors (Lipinski definition) is 1. The summed E-state index contributed by atoms with van der Waals surface area (Å²) in [6.07, 6.45) is 2.64. The molecule has 0 saturated carbocycles. The number of methoxy groups -OCH3 is 2. The molecule has 1 atom stereocenters. The van der Waals surface area contributed by atoms with E-state index in [1.54, 1.807) is 14.2 Å². The first-order chi connectivity index (χ1) is 16.5. The Morgan fingerprint density at radius 3 is 2.47 bits per heavy atom. The third-order valence-corrected chi connectivity index (χ3v) is 6.70. The SMILES string of the molecule is COc1cc2c(cc1OC)CN(C(=O)[C@@H]1CCCN(CCNC(=O)c3ccc(F)cc3)C1)CC2. The molecule has 182 valence electrons. The Bertz CT molecular complexity index is 1030. The lowest BCUT2D eigenvalue weighted by atomic mass is 9.93. The number of fused-ring (bicyclic) bond motifs is 1. The average Bonchev–Trinajstić information content (AvgIpc) is 2.87. The quantitative estimate of drug-likeness (QED) is 0.675. The number of ether oxygens (including phenoxy) is 2. The highest BCUT2D eigenvalue weighted by Gasteiger charge is 2.31. The third kappa shape index (κ3) is 5.50. The standard InChI is InChI=1S/C26H32FN3O4/c1-33-23-14-19-9-12-30(17-21(19)15-24(23)34-2)26(32)20-4-3-11-29(16-20)13-10-28-25(31)18-5-7-22(27)8-6-18/h5-8,14-15,20H,3-4,9-13,16-17H2,1-2H3,(H,28,31)/t20-/m1/s1. The van der Waals surface area contributed by atoms with E-state index in [0.717, 1.165) is 37.1 Å². The molecule has 2 aliphatic heterocycles. The molecular formula is C26H32FN3O4. The van der Waals surface area contributed by atoms with E-state index in [1.165, 1.54) is 29.8 Å². The molecule has 0 aromatic heterocycles. The number of amides is 2. The molecule has 34 heavy (non-hydrogen) atoms. The van der Waals surface area contributed by atoms with Crippen molar-refractivity contribution in [3.63, 3.8) is 0 Å².